The highest BCUT2D eigenvalue weighted by Crippen LogP contribution is 2.27. The van der Waals surface area contributed by atoms with Gasteiger partial charge in [0.1, 0.15) is 0 Å². The van der Waals surface area contributed by atoms with Gasteiger partial charge in [-0.15, -0.1) is 0 Å². The average Bonchev–Trinajstić information content (AvgIpc) is 2.37. The van der Waals surface area contributed by atoms with Gasteiger partial charge >= 0.3 is 0 Å². The maximum Gasteiger partial charge on any atom is 0.166 e. The molecule has 1 fully saturated rings. The molecule has 98 valence electrons. The number of Topliss-reactive ketones (excluding diaryl/α,β-unsaturated/α-hetero) is 1. The van der Waals surface area contributed by atoms with Crippen molar-refractivity contribution >= 4 is 5.78 Å². The summed E-state index contributed by atoms with van der Waals surface area (Å²) in [5, 5.41) is 3.32. The number of rotatable bonds is 2. The largest absolute Gasteiger partial charge is 0.317 e. The normalized spacial score (nSPS) is 16.9. The fourth-order valence-electron chi connectivity index (χ4n) is 2.87. The smallest absolute Gasteiger partial charge is 0.166 e. The summed E-state index contributed by atoms with van der Waals surface area (Å²) in [4.78, 5) is 12.7. The lowest BCUT2D eigenvalue weighted by atomic mass is 9.83. The highest BCUT2D eigenvalue weighted by atomic mass is 16.1. The predicted octanol–water partition coefficient (Wildman–Crippen LogP) is 3.10. The molecule has 0 radical (unpaired) electrons. The van der Waals surface area contributed by atoms with Crippen LogP contribution < -0.4 is 5.32 Å². The predicted molar refractivity (Wildman–Crippen MR) is 75.3 cm³/mol. The van der Waals surface area contributed by atoms with Gasteiger partial charge in [-0.3, -0.25) is 4.79 Å². The highest BCUT2D eigenvalue weighted by Gasteiger charge is 2.25. The second kappa shape index (κ2) is 5.23. The Morgan fingerprint density at radius 2 is 1.56 bits per heavy atom. The number of aryl methyl sites for hydroxylation is 2. The molecule has 1 aromatic carbocycles. The van der Waals surface area contributed by atoms with E-state index in [1.807, 2.05) is 0 Å². The Labute approximate surface area is 110 Å². The first-order valence-electron chi connectivity index (χ1n) is 6.84. The maximum atomic E-state index is 12.7. The van der Waals surface area contributed by atoms with Gasteiger partial charge in [0.2, 0.25) is 0 Å². The second-order valence-electron chi connectivity index (χ2n) is 5.52. The van der Waals surface area contributed by atoms with Crippen molar-refractivity contribution in [3.8, 4) is 0 Å². The van der Waals surface area contributed by atoms with Crippen LogP contribution in [0.5, 0.6) is 0 Å². The van der Waals surface area contributed by atoms with Gasteiger partial charge in [0.05, 0.1) is 0 Å². The number of nitrogens with one attached hydrogen (secondary N) is 1. The van der Waals surface area contributed by atoms with E-state index in [2.05, 4.69) is 39.1 Å². The molecule has 0 spiro atoms. The van der Waals surface area contributed by atoms with Gasteiger partial charge in [0.25, 0.3) is 0 Å². The summed E-state index contributed by atoms with van der Waals surface area (Å²) < 4.78 is 0. The molecule has 1 saturated heterocycles. The number of carbonyl (C=O) groups is 1. The number of hydrogen-bond acceptors (Lipinski definition) is 2. The van der Waals surface area contributed by atoms with Crippen molar-refractivity contribution < 1.29 is 4.79 Å². The molecule has 0 unspecified atom stereocenters. The minimum absolute atomic E-state index is 0.213. The fourth-order valence-corrected chi connectivity index (χ4v) is 2.87. The minimum Gasteiger partial charge on any atom is -0.317 e. The minimum atomic E-state index is 0.213. The Morgan fingerprint density at radius 1 is 1.06 bits per heavy atom. The molecule has 0 bridgehead atoms. The number of piperidine rings is 1. The summed E-state index contributed by atoms with van der Waals surface area (Å²) in [7, 11) is 0. The summed E-state index contributed by atoms with van der Waals surface area (Å²) in [5.41, 5.74) is 5.79. The highest BCUT2D eigenvalue weighted by molar-refractivity contribution is 6.01. The molecule has 18 heavy (non-hydrogen) atoms. The van der Waals surface area contributed by atoms with E-state index in [1.165, 1.54) is 22.3 Å². The summed E-state index contributed by atoms with van der Waals surface area (Å²) in [6.07, 6.45) is 1.95. The number of ketones is 1. The number of benzene rings is 1. The van der Waals surface area contributed by atoms with Gasteiger partial charge in [-0.2, -0.15) is 0 Å². The summed E-state index contributed by atoms with van der Waals surface area (Å²) >= 11 is 0. The lowest BCUT2D eigenvalue weighted by molar-refractivity contribution is 0.0893. The summed E-state index contributed by atoms with van der Waals surface area (Å²) in [6, 6.07) is 2.18. The van der Waals surface area contributed by atoms with Crippen LogP contribution in [0.15, 0.2) is 6.07 Å². The van der Waals surface area contributed by atoms with Crippen molar-refractivity contribution in [1.29, 1.82) is 0 Å². The molecular formula is C16H23NO. The third-order valence-electron chi connectivity index (χ3n) is 4.32. The van der Waals surface area contributed by atoms with Gasteiger partial charge in [0, 0.05) is 11.5 Å². The molecule has 1 N–H and O–H groups in total. The SMILES string of the molecule is Cc1cc(C)c(C)c(C(=O)C2CCNCC2)c1C. The zero-order chi connectivity index (χ0) is 13.3. The molecule has 1 aliphatic rings. The lowest BCUT2D eigenvalue weighted by Gasteiger charge is -2.24. The van der Waals surface area contributed by atoms with Crippen molar-refractivity contribution in [2.24, 2.45) is 5.92 Å². The molecule has 1 aliphatic heterocycles. The number of hydrogen-bond donors (Lipinski definition) is 1. The van der Waals surface area contributed by atoms with E-state index < -0.39 is 0 Å². The standard InChI is InChI=1S/C16H23NO/c1-10-9-11(2)13(4)15(12(10)3)16(18)14-5-7-17-8-6-14/h9,14,17H,5-8H2,1-4H3. The molecule has 0 saturated carbocycles. The monoisotopic (exact) mass is 245 g/mol. The third-order valence-corrected chi connectivity index (χ3v) is 4.32. The molecular weight excluding hydrogens is 222 g/mol. The van der Waals surface area contributed by atoms with Crippen molar-refractivity contribution in [3.05, 3.63) is 33.9 Å². The molecule has 1 heterocycles. The van der Waals surface area contributed by atoms with E-state index in [1.54, 1.807) is 0 Å². The lowest BCUT2D eigenvalue weighted by Crippen LogP contribution is -2.32. The Bertz CT molecular complexity index is 444. The Morgan fingerprint density at radius 3 is 2.06 bits per heavy atom. The molecule has 0 aromatic heterocycles. The van der Waals surface area contributed by atoms with Crippen LogP contribution in [-0.2, 0) is 0 Å². The zero-order valence-electron chi connectivity index (χ0n) is 11.9. The van der Waals surface area contributed by atoms with Crippen LogP contribution in [-0.4, -0.2) is 18.9 Å². The molecule has 2 rings (SSSR count). The quantitative estimate of drug-likeness (QED) is 0.811. The summed E-state index contributed by atoms with van der Waals surface area (Å²) in [5.74, 6) is 0.572. The van der Waals surface area contributed by atoms with E-state index in [0.717, 1.165) is 31.5 Å². The van der Waals surface area contributed by atoms with Crippen LogP contribution in [0.2, 0.25) is 0 Å². The van der Waals surface area contributed by atoms with Gasteiger partial charge < -0.3 is 5.32 Å². The van der Waals surface area contributed by atoms with Crippen LogP contribution in [0.4, 0.5) is 0 Å². The fraction of sp³-hybridized carbons (Fsp3) is 0.562. The van der Waals surface area contributed by atoms with Gasteiger partial charge in [-0.1, -0.05) is 6.07 Å². The van der Waals surface area contributed by atoms with E-state index in [-0.39, 0.29) is 5.92 Å². The van der Waals surface area contributed by atoms with Crippen molar-refractivity contribution in [2.45, 2.75) is 40.5 Å². The first-order chi connectivity index (χ1) is 8.52. The molecule has 0 aliphatic carbocycles. The molecule has 0 amide bonds. The third kappa shape index (κ3) is 2.35. The van der Waals surface area contributed by atoms with E-state index in [0.29, 0.717) is 5.78 Å². The molecule has 1 aromatic rings. The van der Waals surface area contributed by atoms with Crippen LogP contribution in [0.25, 0.3) is 0 Å². The second-order valence-corrected chi connectivity index (χ2v) is 5.52. The average molecular weight is 245 g/mol. The molecule has 2 nitrogen and oxygen atoms in total. The topological polar surface area (TPSA) is 29.1 Å². The van der Waals surface area contributed by atoms with E-state index in [4.69, 9.17) is 0 Å². The molecule has 2 heteroatoms. The zero-order valence-corrected chi connectivity index (χ0v) is 11.9. The number of carbonyl (C=O) groups excluding carboxylic acids is 1. The van der Waals surface area contributed by atoms with Crippen LogP contribution in [0, 0.1) is 33.6 Å². The van der Waals surface area contributed by atoms with Gasteiger partial charge in [-0.25, -0.2) is 0 Å². The first kappa shape index (κ1) is 13.3. The maximum absolute atomic E-state index is 12.7. The first-order valence-corrected chi connectivity index (χ1v) is 6.84. The van der Waals surface area contributed by atoms with Crippen molar-refractivity contribution in [3.63, 3.8) is 0 Å². The van der Waals surface area contributed by atoms with Crippen LogP contribution in [0.3, 0.4) is 0 Å². The van der Waals surface area contributed by atoms with Gasteiger partial charge in [-0.05, 0) is 75.9 Å². The summed E-state index contributed by atoms with van der Waals surface area (Å²) in [6.45, 7) is 10.3. The van der Waals surface area contributed by atoms with Crippen LogP contribution in [0.1, 0.15) is 45.5 Å². The Balaban J connectivity index is 2.40. The Kier molecular flexibility index (Phi) is 3.86. The van der Waals surface area contributed by atoms with Gasteiger partial charge in [0.15, 0.2) is 5.78 Å². The van der Waals surface area contributed by atoms with Crippen molar-refractivity contribution in [1.82, 2.24) is 5.32 Å². The molecule has 0 atom stereocenters. The van der Waals surface area contributed by atoms with E-state index >= 15 is 0 Å². The van der Waals surface area contributed by atoms with Crippen molar-refractivity contribution in [2.75, 3.05) is 13.1 Å². The Hall–Kier alpha value is -1.15. The van der Waals surface area contributed by atoms with Crippen LogP contribution >= 0.6 is 0 Å². The van der Waals surface area contributed by atoms with E-state index in [9.17, 15) is 4.79 Å².